The zero-order chi connectivity index (χ0) is 12.0. The van der Waals surface area contributed by atoms with Crippen molar-refractivity contribution in [3.8, 4) is 0 Å². The molecule has 0 aliphatic carbocycles. The molecule has 1 aliphatic rings. The topological polar surface area (TPSA) is 84.5 Å². The second-order valence-corrected chi connectivity index (χ2v) is 5.60. The molecule has 6 nitrogen and oxygen atoms in total. The Labute approximate surface area is 95.8 Å². The van der Waals surface area contributed by atoms with Crippen LogP contribution >= 0.6 is 0 Å². The lowest BCUT2D eigenvalue weighted by Crippen LogP contribution is -2.43. The highest BCUT2D eigenvalue weighted by Crippen LogP contribution is 2.05. The molecule has 94 valence electrons. The second-order valence-electron chi connectivity index (χ2n) is 3.85. The molecule has 0 saturated carbocycles. The van der Waals surface area contributed by atoms with Crippen molar-refractivity contribution in [2.24, 2.45) is 0 Å². The molecule has 0 amide bonds. The van der Waals surface area contributed by atoms with Gasteiger partial charge in [-0.25, -0.2) is 13.1 Å². The lowest BCUT2D eigenvalue weighted by molar-refractivity contribution is -0.137. The summed E-state index contributed by atoms with van der Waals surface area (Å²) < 4.78 is 29.9. The van der Waals surface area contributed by atoms with E-state index < -0.39 is 21.7 Å². The van der Waals surface area contributed by atoms with E-state index in [-0.39, 0.29) is 6.04 Å². The molecule has 1 atom stereocenters. The summed E-state index contributed by atoms with van der Waals surface area (Å²) >= 11 is 0. The Morgan fingerprint density at radius 2 is 2.25 bits per heavy atom. The Kier molecular flexibility index (Phi) is 5.17. The van der Waals surface area contributed by atoms with Crippen molar-refractivity contribution >= 4 is 16.0 Å². The first-order valence-corrected chi connectivity index (χ1v) is 6.96. The van der Waals surface area contributed by atoms with E-state index in [4.69, 9.17) is 0 Å². The molecule has 1 fully saturated rings. The maximum Gasteiger partial charge on any atom is 0.322 e. The van der Waals surface area contributed by atoms with Crippen molar-refractivity contribution in [3.63, 3.8) is 0 Å². The molecule has 1 aliphatic heterocycles. The van der Waals surface area contributed by atoms with Crippen LogP contribution in [0.4, 0.5) is 0 Å². The van der Waals surface area contributed by atoms with Crippen LogP contribution in [0.3, 0.4) is 0 Å². The first kappa shape index (κ1) is 13.4. The SMILES string of the molecule is COC(=O)CS(=O)(=O)NC1CCCCNC1. The predicted molar refractivity (Wildman–Crippen MR) is 59.4 cm³/mol. The fourth-order valence-corrected chi connectivity index (χ4v) is 2.85. The standard InChI is InChI=1S/C9H18N2O4S/c1-15-9(12)7-16(13,14)11-8-4-2-3-5-10-6-8/h8,10-11H,2-7H2,1H3. The molecule has 0 aromatic carbocycles. The summed E-state index contributed by atoms with van der Waals surface area (Å²) in [6.45, 7) is 1.52. The normalized spacial score (nSPS) is 22.4. The monoisotopic (exact) mass is 250 g/mol. The molecule has 1 unspecified atom stereocenters. The minimum Gasteiger partial charge on any atom is -0.468 e. The molecule has 7 heteroatoms. The molecule has 0 spiro atoms. The highest BCUT2D eigenvalue weighted by molar-refractivity contribution is 7.90. The van der Waals surface area contributed by atoms with Gasteiger partial charge in [0.2, 0.25) is 10.0 Å². The van der Waals surface area contributed by atoms with E-state index in [1.165, 1.54) is 7.11 Å². The van der Waals surface area contributed by atoms with Crippen molar-refractivity contribution in [3.05, 3.63) is 0 Å². The summed E-state index contributed by atoms with van der Waals surface area (Å²) in [5.41, 5.74) is 0. The van der Waals surface area contributed by atoms with E-state index in [0.717, 1.165) is 25.8 Å². The van der Waals surface area contributed by atoms with Crippen LogP contribution in [0.5, 0.6) is 0 Å². The number of hydrogen-bond acceptors (Lipinski definition) is 5. The number of ether oxygens (including phenoxy) is 1. The molecule has 0 bridgehead atoms. The number of rotatable bonds is 4. The Hall–Kier alpha value is -0.660. The lowest BCUT2D eigenvalue weighted by Gasteiger charge is -2.15. The van der Waals surface area contributed by atoms with Crippen molar-refractivity contribution in [2.45, 2.75) is 25.3 Å². The van der Waals surface area contributed by atoms with Crippen LogP contribution in [-0.2, 0) is 19.6 Å². The summed E-state index contributed by atoms with van der Waals surface area (Å²) in [5.74, 6) is -1.35. The minimum atomic E-state index is -3.57. The Morgan fingerprint density at radius 1 is 1.50 bits per heavy atom. The van der Waals surface area contributed by atoms with Gasteiger partial charge in [-0.15, -0.1) is 0 Å². The Balaban J connectivity index is 2.47. The van der Waals surface area contributed by atoms with Crippen LogP contribution in [0.1, 0.15) is 19.3 Å². The number of carbonyl (C=O) groups is 1. The van der Waals surface area contributed by atoms with E-state index in [1.807, 2.05) is 0 Å². The Bertz CT molecular complexity index is 320. The molecule has 1 heterocycles. The van der Waals surface area contributed by atoms with Gasteiger partial charge in [0.15, 0.2) is 5.75 Å². The highest BCUT2D eigenvalue weighted by Gasteiger charge is 2.22. The maximum atomic E-state index is 11.5. The fourth-order valence-electron chi connectivity index (χ4n) is 1.63. The third-order valence-corrected chi connectivity index (χ3v) is 3.74. The summed E-state index contributed by atoms with van der Waals surface area (Å²) in [6, 6.07) is -0.128. The van der Waals surface area contributed by atoms with E-state index in [2.05, 4.69) is 14.8 Å². The molecule has 16 heavy (non-hydrogen) atoms. The summed E-state index contributed by atoms with van der Waals surface area (Å²) in [4.78, 5) is 10.9. The number of carbonyl (C=O) groups excluding carboxylic acids is 1. The molecule has 1 saturated heterocycles. The third kappa shape index (κ3) is 4.91. The van der Waals surface area contributed by atoms with Gasteiger partial charge in [-0.1, -0.05) is 6.42 Å². The highest BCUT2D eigenvalue weighted by atomic mass is 32.2. The van der Waals surface area contributed by atoms with Gasteiger partial charge in [-0.3, -0.25) is 4.79 Å². The molecule has 0 radical (unpaired) electrons. The first-order valence-electron chi connectivity index (χ1n) is 5.31. The maximum absolute atomic E-state index is 11.5. The number of hydrogen-bond donors (Lipinski definition) is 2. The smallest absolute Gasteiger partial charge is 0.322 e. The summed E-state index contributed by atoms with van der Waals surface area (Å²) in [6.07, 6.45) is 2.83. The zero-order valence-corrected chi connectivity index (χ0v) is 10.2. The van der Waals surface area contributed by atoms with Crippen molar-refractivity contribution in [2.75, 3.05) is 26.0 Å². The molecule has 0 aromatic heterocycles. The minimum absolute atomic E-state index is 0.128. The number of esters is 1. The molecular weight excluding hydrogens is 232 g/mol. The number of methoxy groups -OCH3 is 1. The van der Waals surface area contributed by atoms with Gasteiger partial charge < -0.3 is 10.1 Å². The van der Waals surface area contributed by atoms with E-state index in [9.17, 15) is 13.2 Å². The van der Waals surface area contributed by atoms with Gasteiger partial charge in [-0.05, 0) is 19.4 Å². The summed E-state index contributed by atoms with van der Waals surface area (Å²) in [7, 11) is -2.40. The van der Waals surface area contributed by atoms with Crippen molar-refractivity contribution in [1.29, 1.82) is 0 Å². The van der Waals surface area contributed by atoms with Crippen LogP contribution in [-0.4, -0.2) is 46.4 Å². The average molecular weight is 250 g/mol. The molecule has 1 rings (SSSR count). The van der Waals surface area contributed by atoms with Crippen LogP contribution in [0, 0.1) is 0 Å². The quantitative estimate of drug-likeness (QED) is 0.639. The lowest BCUT2D eigenvalue weighted by atomic mass is 10.2. The van der Waals surface area contributed by atoms with Gasteiger partial charge in [-0.2, -0.15) is 0 Å². The van der Waals surface area contributed by atoms with Gasteiger partial charge in [0.1, 0.15) is 0 Å². The predicted octanol–water partition coefficient (Wildman–Crippen LogP) is -0.779. The first-order chi connectivity index (χ1) is 7.53. The Morgan fingerprint density at radius 3 is 2.94 bits per heavy atom. The van der Waals surface area contributed by atoms with Crippen molar-refractivity contribution < 1.29 is 17.9 Å². The van der Waals surface area contributed by atoms with Gasteiger partial charge in [0.05, 0.1) is 7.11 Å². The van der Waals surface area contributed by atoms with E-state index >= 15 is 0 Å². The summed E-state index contributed by atoms with van der Waals surface area (Å²) in [5, 5.41) is 3.14. The zero-order valence-electron chi connectivity index (χ0n) is 9.36. The van der Waals surface area contributed by atoms with Crippen LogP contribution < -0.4 is 10.0 Å². The van der Waals surface area contributed by atoms with Crippen LogP contribution in [0.15, 0.2) is 0 Å². The van der Waals surface area contributed by atoms with E-state index in [1.54, 1.807) is 0 Å². The van der Waals surface area contributed by atoms with Gasteiger partial charge >= 0.3 is 5.97 Å². The largest absolute Gasteiger partial charge is 0.468 e. The van der Waals surface area contributed by atoms with E-state index in [0.29, 0.717) is 6.54 Å². The van der Waals surface area contributed by atoms with Crippen molar-refractivity contribution in [1.82, 2.24) is 10.0 Å². The van der Waals surface area contributed by atoms with Crippen LogP contribution in [0.2, 0.25) is 0 Å². The average Bonchev–Trinajstić information content (AvgIpc) is 2.44. The fraction of sp³-hybridized carbons (Fsp3) is 0.889. The van der Waals surface area contributed by atoms with Gasteiger partial charge in [0, 0.05) is 12.6 Å². The third-order valence-electron chi connectivity index (χ3n) is 2.43. The molecular formula is C9H18N2O4S. The second kappa shape index (κ2) is 6.17. The number of sulfonamides is 1. The number of nitrogens with one attached hydrogen (secondary N) is 2. The van der Waals surface area contributed by atoms with Gasteiger partial charge in [0.25, 0.3) is 0 Å². The molecule has 2 N–H and O–H groups in total. The molecule has 0 aromatic rings. The van der Waals surface area contributed by atoms with Crippen LogP contribution in [0.25, 0.3) is 0 Å².